The number of hydrogen-bond acceptors (Lipinski definition) is 5. The lowest BCUT2D eigenvalue weighted by Gasteiger charge is -2.25. The first kappa shape index (κ1) is 16.4. The number of carbonyl (C=O) groups is 1. The second-order valence-electron chi connectivity index (χ2n) is 5.24. The zero-order chi connectivity index (χ0) is 16.2. The molecule has 5 nitrogen and oxygen atoms in total. The second kappa shape index (κ2) is 7.42. The number of halogens is 1. The number of rotatable bonds is 5. The first-order chi connectivity index (χ1) is 11.2. The van der Waals surface area contributed by atoms with E-state index in [1.807, 2.05) is 18.2 Å². The number of carbonyl (C=O) groups excluding carboxylic acids is 1. The molecule has 1 unspecified atom stereocenters. The van der Waals surface area contributed by atoms with Gasteiger partial charge in [0.05, 0.1) is 19.1 Å². The van der Waals surface area contributed by atoms with Crippen molar-refractivity contribution in [3.8, 4) is 5.75 Å². The zero-order valence-electron chi connectivity index (χ0n) is 12.7. The first-order valence-corrected chi connectivity index (χ1v) is 8.95. The van der Waals surface area contributed by atoms with Gasteiger partial charge in [-0.1, -0.05) is 15.9 Å². The summed E-state index contributed by atoms with van der Waals surface area (Å²) in [6.07, 6.45) is 3.25. The second-order valence-corrected chi connectivity index (χ2v) is 7.27. The van der Waals surface area contributed by atoms with Crippen LogP contribution in [-0.2, 0) is 16.0 Å². The molecule has 2 heterocycles. The molecule has 0 saturated heterocycles. The standard InChI is InChI=1S/C16H17BrN2O3S/c1-21-6-4-11-9-18-16(23-11)19-15(20)12-5-7-22-14-3-2-10(17)8-13(12)14/h2-3,8-9,12H,4-7H2,1H3,(H,18,19,20). The van der Waals surface area contributed by atoms with Gasteiger partial charge in [-0.3, -0.25) is 4.79 Å². The summed E-state index contributed by atoms with van der Waals surface area (Å²) in [6.45, 7) is 1.20. The fourth-order valence-electron chi connectivity index (χ4n) is 2.51. The molecular weight excluding hydrogens is 380 g/mol. The molecule has 0 fully saturated rings. The molecule has 0 aliphatic carbocycles. The fraction of sp³-hybridized carbons (Fsp3) is 0.375. The van der Waals surface area contributed by atoms with Crippen LogP contribution in [0.2, 0.25) is 0 Å². The van der Waals surface area contributed by atoms with Gasteiger partial charge < -0.3 is 14.8 Å². The summed E-state index contributed by atoms with van der Waals surface area (Å²) in [4.78, 5) is 18.0. The average molecular weight is 397 g/mol. The van der Waals surface area contributed by atoms with Crippen molar-refractivity contribution in [1.82, 2.24) is 4.98 Å². The van der Waals surface area contributed by atoms with Gasteiger partial charge in [-0.2, -0.15) is 0 Å². The largest absolute Gasteiger partial charge is 0.493 e. The van der Waals surface area contributed by atoms with Crippen LogP contribution in [0.3, 0.4) is 0 Å². The average Bonchev–Trinajstić information content (AvgIpc) is 2.99. The molecule has 1 aliphatic heterocycles. The Kier molecular flexibility index (Phi) is 5.30. The lowest BCUT2D eigenvalue weighted by atomic mass is 9.92. The highest BCUT2D eigenvalue weighted by atomic mass is 79.9. The molecule has 1 aliphatic rings. The number of nitrogens with zero attached hydrogens (tertiary/aromatic N) is 1. The number of anilines is 1. The van der Waals surface area contributed by atoms with E-state index in [1.54, 1.807) is 13.3 Å². The maximum atomic E-state index is 12.6. The Labute approximate surface area is 147 Å². The topological polar surface area (TPSA) is 60.5 Å². The lowest BCUT2D eigenvalue weighted by Crippen LogP contribution is -2.26. The molecule has 23 heavy (non-hydrogen) atoms. The summed E-state index contributed by atoms with van der Waals surface area (Å²) in [7, 11) is 1.67. The van der Waals surface area contributed by atoms with Gasteiger partial charge >= 0.3 is 0 Å². The van der Waals surface area contributed by atoms with Crippen molar-refractivity contribution in [2.24, 2.45) is 0 Å². The predicted molar refractivity (Wildman–Crippen MR) is 93.3 cm³/mol. The summed E-state index contributed by atoms with van der Waals surface area (Å²) >= 11 is 4.94. The van der Waals surface area contributed by atoms with Gasteiger partial charge in [0.15, 0.2) is 5.13 Å². The molecule has 1 N–H and O–H groups in total. The Morgan fingerprint density at radius 1 is 1.57 bits per heavy atom. The van der Waals surface area contributed by atoms with Crippen LogP contribution in [0.25, 0.3) is 0 Å². The van der Waals surface area contributed by atoms with E-state index in [0.29, 0.717) is 24.8 Å². The molecule has 7 heteroatoms. The normalized spacial score (nSPS) is 16.5. The van der Waals surface area contributed by atoms with E-state index in [2.05, 4.69) is 26.2 Å². The highest BCUT2D eigenvalue weighted by molar-refractivity contribution is 9.10. The van der Waals surface area contributed by atoms with E-state index < -0.39 is 0 Å². The van der Waals surface area contributed by atoms with Gasteiger partial charge in [-0.15, -0.1) is 11.3 Å². The molecule has 1 aromatic carbocycles. The van der Waals surface area contributed by atoms with E-state index in [4.69, 9.17) is 9.47 Å². The molecule has 0 bridgehead atoms. The summed E-state index contributed by atoms with van der Waals surface area (Å²) < 4.78 is 11.6. The number of aromatic nitrogens is 1. The van der Waals surface area contributed by atoms with E-state index in [9.17, 15) is 4.79 Å². The van der Waals surface area contributed by atoms with E-state index in [-0.39, 0.29) is 11.8 Å². The lowest BCUT2D eigenvalue weighted by molar-refractivity contribution is -0.118. The highest BCUT2D eigenvalue weighted by Crippen LogP contribution is 2.36. The molecule has 1 aromatic heterocycles. The van der Waals surface area contributed by atoms with Gasteiger partial charge in [0.1, 0.15) is 5.75 Å². The summed E-state index contributed by atoms with van der Waals surface area (Å²) in [6, 6.07) is 5.76. The van der Waals surface area contributed by atoms with Crippen LogP contribution < -0.4 is 10.1 Å². The molecule has 0 spiro atoms. The van der Waals surface area contributed by atoms with Crippen LogP contribution in [-0.4, -0.2) is 31.2 Å². The van der Waals surface area contributed by atoms with Crippen molar-refractivity contribution in [3.63, 3.8) is 0 Å². The molecule has 1 amide bonds. The van der Waals surface area contributed by atoms with Crippen LogP contribution >= 0.6 is 27.3 Å². The SMILES string of the molecule is COCCc1cnc(NC(=O)C2CCOc3ccc(Br)cc32)s1. The number of ether oxygens (including phenoxy) is 2. The predicted octanol–water partition coefficient (Wildman–Crippen LogP) is 3.60. The molecular formula is C16H17BrN2O3S. The van der Waals surface area contributed by atoms with Crippen LogP contribution in [0.15, 0.2) is 28.9 Å². The molecule has 0 saturated carbocycles. The minimum atomic E-state index is -0.220. The van der Waals surface area contributed by atoms with Gasteiger partial charge in [0.25, 0.3) is 0 Å². The van der Waals surface area contributed by atoms with Crippen molar-refractivity contribution in [1.29, 1.82) is 0 Å². The minimum Gasteiger partial charge on any atom is -0.493 e. The Bertz CT molecular complexity index is 704. The number of amides is 1. The van der Waals surface area contributed by atoms with Crippen LogP contribution in [0.5, 0.6) is 5.75 Å². The van der Waals surface area contributed by atoms with Gasteiger partial charge in [0, 0.05) is 34.6 Å². The van der Waals surface area contributed by atoms with Crippen molar-refractivity contribution >= 4 is 38.3 Å². The summed E-state index contributed by atoms with van der Waals surface area (Å²) in [5.41, 5.74) is 0.916. The summed E-state index contributed by atoms with van der Waals surface area (Å²) in [5.74, 6) is 0.516. The van der Waals surface area contributed by atoms with Crippen molar-refractivity contribution in [2.45, 2.75) is 18.8 Å². The Hall–Kier alpha value is -1.44. The van der Waals surface area contributed by atoms with Crippen molar-refractivity contribution in [3.05, 3.63) is 39.3 Å². The Balaban J connectivity index is 1.72. The number of methoxy groups -OCH3 is 1. The third kappa shape index (κ3) is 3.91. The Morgan fingerprint density at radius 3 is 3.26 bits per heavy atom. The van der Waals surface area contributed by atoms with Crippen molar-refractivity contribution < 1.29 is 14.3 Å². The maximum absolute atomic E-state index is 12.6. The van der Waals surface area contributed by atoms with Gasteiger partial charge in [-0.05, 0) is 24.6 Å². The number of nitrogens with one attached hydrogen (secondary N) is 1. The van der Waals surface area contributed by atoms with Crippen LogP contribution in [0.4, 0.5) is 5.13 Å². The van der Waals surface area contributed by atoms with E-state index >= 15 is 0 Å². The minimum absolute atomic E-state index is 0.0414. The quantitative estimate of drug-likeness (QED) is 0.838. The number of fused-ring (bicyclic) bond motifs is 1. The molecule has 0 radical (unpaired) electrons. The first-order valence-electron chi connectivity index (χ1n) is 7.34. The molecule has 122 valence electrons. The molecule has 1 atom stereocenters. The Morgan fingerprint density at radius 2 is 2.43 bits per heavy atom. The van der Waals surface area contributed by atoms with Crippen LogP contribution in [0, 0.1) is 0 Å². The zero-order valence-corrected chi connectivity index (χ0v) is 15.1. The van der Waals surface area contributed by atoms with E-state index in [0.717, 1.165) is 27.1 Å². The van der Waals surface area contributed by atoms with Gasteiger partial charge in [0.2, 0.25) is 5.91 Å². The molecule has 3 rings (SSSR count). The highest BCUT2D eigenvalue weighted by Gasteiger charge is 2.28. The smallest absolute Gasteiger partial charge is 0.233 e. The van der Waals surface area contributed by atoms with Gasteiger partial charge in [-0.25, -0.2) is 4.98 Å². The molecule has 2 aromatic rings. The maximum Gasteiger partial charge on any atom is 0.233 e. The summed E-state index contributed by atoms with van der Waals surface area (Å²) in [5, 5.41) is 3.55. The third-order valence-corrected chi connectivity index (χ3v) is 5.13. The fourth-order valence-corrected chi connectivity index (χ4v) is 3.69. The van der Waals surface area contributed by atoms with E-state index in [1.165, 1.54) is 11.3 Å². The van der Waals surface area contributed by atoms with Crippen LogP contribution in [0.1, 0.15) is 22.8 Å². The van der Waals surface area contributed by atoms with Crippen molar-refractivity contribution in [2.75, 3.05) is 25.6 Å². The number of thiazole rings is 1. The third-order valence-electron chi connectivity index (χ3n) is 3.66. The number of benzene rings is 1. The monoisotopic (exact) mass is 396 g/mol. The number of hydrogen-bond donors (Lipinski definition) is 1.